The average Bonchev–Trinajstić information content (AvgIpc) is 3.03. The first-order valence-corrected chi connectivity index (χ1v) is 8.94. The van der Waals surface area contributed by atoms with E-state index in [4.69, 9.17) is 5.73 Å². The summed E-state index contributed by atoms with van der Waals surface area (Å²) in [5.41, 5.74) is 6.61. The Balaban J connectivity index is 1.78. The number of likely N-dealkylation sites (tertiary alicyclic amines) is 1. The number of nitrogens with two attached hydrogens (primary N) is 1. The summed E-state index contributed by atoms with van der Waals surface area (Å²) in [6, 6.07) is 9.09. The fourth-order valence-corrected chi connectivity index (χ4v) is 3.11. The number of benzene rings is 1. The summed E-state index contributed by atoms with van der Waals surface area (Å²) < 4.78 is 0. The van der Waals surface area contributed by atoms with Crippen LogP contribution < -0.4 is 11.1 Å². The maximum Gasteiger partial charge on any atom is 0.253 e. The molecule has 8 heteroatoms. The van der Waals surface area contributed by atoms with Gasteiger partial charge in [0.25, 0.3) is 5.91 Å². The predicted octanol–water partition coefficient (Wildman–Crippen LogP) is 1.12. The number of amides is 1. The van der Waals surface area contributed by atoms with E-state index >= 15 is 0 Å². The van der Waals surface area contributed by atoms with Crippen molar-refractivity contribution < 1.29 is 15.0 Å². The molecule has 2 heterocycles. The number of nitrogen functional groups attached to an aromatic ring is 1. The zero-order valence-electron chi connectivity index (χ0n) is 15.5. The molecule has 1 saturated heterocycles. The normalized spacial score (nSPS) is 19.5. The Bertz CT molecular complexity index is 825. The van der Waals surface area contributed by atoms with E-state index in [0.717, 1.165) is 5.56 Å². The molecule has 0 aliphatic carbocycles. The Labute approximate surface area is 158 Å². The lowest BCUT2D eigenvalue weighted by atomic mass is 10.1. The van der Waals surface area contributed by atoms with Gasteiger partial charge in [0.15, 0.2) is 0 Å². The number of nitrogens with one attached hydrogen (secondary N) is 1. The lowest BCUT2D eigenvalue weighted by Gasteiger charge is -2.21. The summed E-state index contributed by atoms with van der Waals surface area (Å²) in [6.45, 7) is 4.22. The van der Waals surface area contributed by atoms with Gasteiger partial charge >= 0.3 is 0 Å². The van der Waals surface area contributed by atoms with Gasteiger partial charge in [-0.1, -0.05) is 12.1 Å². The van der Waals surface area contributed by atoms with Gasteiger partial charge in [0.1, 0.15) is 11.4 Å². The van der Waals surface area contributed by atoms with E-state index in [9.17, 15) is 15.0 Å². The lowest BCUT2D eigenvalue weighted by molar-refractivity contribution is -0.00455. The van der Waals surface area contributed by atoms with E-state index in [1.165, 1.54) is 0 Å². The van der Waals surface area contributed by atoms with Crippen LogP contribution in [0.25, 0.3) is 11.3 Å². The Kier molecular flexibility index (Phi) is 5.29. The van der Waals surface area contributed by atoms with Crippen molar-refractivity contribution in [3.05, 3.63) is 35.9 Å². The highest BCUT2D eigenvalue weighted by Crippen LogP contribution is 2.25. The highest BCUT2D eigenvalue weighted by Gasteiger charge is 2.37. The molecule has 2 aromatic rings. The van der Waals surface area contributed by atoms with Crippen molar-refractivity contribution in [3.63, 3.8) is 0 Å². The van der Waals surface area contributed by atoms with Gasteiger partial charge in [-0.3, -0.25) is 4.79 Å². The Morgan fingerprint density at radius 2 is 2.04 bits per heavy atom. The standard InChI is InChI=1S/C19H25N5O3/c1-12(2)21-16-9-15(22-18(20)23-16)13-3-5-14(6-4-13)17(26)24-8-7-19(27,10-24)11-25/h3-6,9,12,25,27H,7-8,10-11H2,1-2H3,(H3,20,21,22,23)/t19-/m0/s1. The molecular weight excluding hydrogens is 346 g/mol. The third-order valence-corrected chi connectivity index (χ3v) is 4.52. The van der Waals surface area contributed by atoms with E-state index in [2.05, 4.69) is 15.3 Å². The van der Waals surface area contributed by atoms with Gasteiger partial charge in [-0.2, -0.15) is 4.98 Å². The largest absolute Gasteiger partial charge is 0.393 e. The molecule has 1 aliphatic rings. The predicted molar refractivity (Wildman–Crippen MR) is 103 cm³/mol. The molecule has 1 aromatic carbocycles. The fraction of sp³-hybridized carbons (Fsp3) is 0.421. The van der Waals surface area contributed by atoms with Crippen LogP contribution in [0.1, 0.15) is 30.6 Å². The van der Waals surface area contributed by atoms with Gasteiger partial charge in [0.05, 0.1) is 18.8 Å². The van der Waals surface area contributed by atoms with E-state index in [-0.39, 0.29) is 31.0 Å². The molecule has 144 valence electrons. The van der Waals surface area contributed by atoms with Crippen LogP contribution in [0.15, 0.2) is 30.3 Å². The number of carbonyl (C=O) groups excluding carboxylic acids is 1. The number of aliphatic hydroxyl groups is 2. The molecule has 1 fully saturated rings. The first-order valence-electron chi connectivity index (χ1n) is 8.94. The van der Waals surface area contributed by atoms with E-state index in [1.807, 2.05) is 32.0 Å². The van der Waals surface area contributed by atoms with Gasteiger partial charge in [-0.05, 0) is 32.4 Å². The van der Waals surface area contributed by atoms with Crippen LogP contribution in [0.3, 0.4) is 0 Å². The topological polar surface area (TPSA) is 125 Å². The molecule has 5 N–H and O–H groups in total. The van der Waals surface area contributed by atoms with Gasteiger partial charge in [0, 0.05) is 29.8 Å². The van der Waals surface area contributed by atoms with Crippen LogP contribution in [0.5, 0.6) is 0 Å². The molecule has 0 radical (unpaired) electrons. The summed E-state index contributed by atoms with van der Waals surface area (Å²) in [6.07, 6.45) is 0.374. The van der Waals surface area contributed by atoms with Crippen LogP contribution in [-0.2, 0) is 0 Å². The molecule has 3 rings (SSSR count). The van der Waals surface area contributed by atoms with Crippen LogP contribution in [0, 0.1) is 0 Å². The Hall–Kier alpha value is -2.71. The highest BCUT2D eigenvalue weighted by atomic mass is 16.3. The smallest absolute Gasteiger partial charge is 0.253 e. The summed E-state index contributed by atoms with van der Waals surface area (Å²) in [5.74, 6) is 0.652. The molecule has 0 saturated carbocycles. The molecular formula is C19H25N5O3. The molecule has 27 heavy (non-hydrogen) atoms. The SMILES string of the molecule is CC(C)Nc1cc(-c2ccc(C(=O)N3CC[C@@](O)(CO)C3)cc2)nc(N)n1. The molecule has 0 spiro atoms. The molecule has 1 amide bonds. The molecule has 1 atom stereocenters. The minimum Gasteiger partial charge on any atom is -0.393 e. The van der Waals surface area contributed by atoms with Crippen LogP contribution in [-0.4, -0.2) is 62.3 Å². The molecule has 0 unspecified atom stereocenters. The number of hydrogen-bond acceptors (Lipinski definition) is 7. The number of anilines is 2. The average molecular weight is 371 g/mol. The van der Waals surface area contributed by atoms with E-state index < -0.39 is 5.60 Å². The van der Waals surface area contributed by atoms with Gasteiger partial charge in [-0.25, -0.2) is 4.98 Å². The van der Waals surface area contributed by atoms with Crippen molar-refractivity contribution in [2.45, 2.75) is 31.9 Å². The third-order valence-electron chi connectivity index (χ3n) is 4.52. The van der Waals surface area contributed by atoms with Crippen molar-refractivity contribution in [2.75, 3.05) is 30.7 Å². The van der Waals surface area contributed by atoms with Gasteiger partial charge < -0.3 is 26.2 Å². The first kappa shape index (κ1) is 19.1. The zero-order chi connectivity index (χ0) is 19.6. The third kappa shape index (κ3) is 4.35. The van der Waals surface area contributed by atoms with Crippen molar-refractivity contribution in [3.8, 4) is 11.3 Å². The summed E-state index contributed by atoms with van der Waals surface area (Å²) in [4.78, 5) is 22.6. The van der Waals surface area contributed by atoms with E-state index in [1.54, 1.807) is 17.0 Å². The maximum absolute atomic E-state index is 12.6. The van der Waals surface area contributed by atoms with Crippen molar-refractivity contribution >= 4 is 17.7 Å². The molecule has 0 bridgehead atoms. The van der Waals surface area contributed by atoms with Gasteiger partial charge in [-0.15, -0.1) is 0 Å². The van der Waals surface area contributed by atoms with Gasteiger partial charge in [0.2, 0.25) is 5.95 Å². The monoisotopic (exact) mass is 371 g/mol. The van der Waals surface area contributed by atoms with Crippen molar-refractivity contribution in [1.29, 1.82) is 0 Å². The minimum absolute atomic E-state index is 0.136. The van der Waals surface area contributed by atoms with Crippen LogP contribution >= 0.6 is 0 Å². The fourth-order valence-electron chi connectivity index (χ4n) is 3.11. The number of aliphatic hydroxyl groups excluding tert-OH is 1. The van der Waals surface area contributed by atoms with Crippen molar-refractivity contribution in [2.24, 2.45) is 0 Å². The number of aromatic nitrogens is 2. The molecule has 1 aromatic heterocycles. The molecule has 8 nitrogen and oxygen atoms in total. The number of hydrogen-bond donors (Lipinski definition) is 4. The second kappa shape index (κ2) is 7.50. The summed E-state index contributed by atoms with van der Waals surface area (Å²) >= 11 is 0. The zero-order valence-corrected chi connectivity index (χ0v) is 15.5. The van der Waals surface area contributed by atoms with E-state index in [0.29, 0.717) is 30.0 Å². The minimum atomic E-state index is -1.20. The quantitative estimate of drug-likeness (QED) is 0.620. The summed E-state index contributed by atoms with van der Waals surface area (Å²) in [5, 5.41) is 22.5. The summed E-state index contributed by atoms with van der Waals surface area (Å²) in [7, 11) is 0. The second-order valence-electron chi connectivity index (χ2n) is 7.23. The Morgan fingerprint density at radius 1 is 1.33 bits per heavy atom. The number of nitrogens with zero attached hydrogens (tertiary/aromatic N) is 3. The first-order chi connectivity index (χ1) is 12.8. The highest BCUT2D eigenvalue weighted by molar-refractivity contribution is 5.95. The van der Waals surface area contributed by atoms with Crippen LogP contribution in [0.4, 0.5) is 11.8 Å². The van der Waals surface area contributed by atoms with Crippen molar-refractivity contribution in [1.82, 2.24) is 14.9 Å². The Morgan fingerprint density at radius 3 is 2.63 bits per heavy atom. The number of rotatable bonds is 5. The molecule has 1 aliphatic heterocycles. The second-order valence-corrected chi connectivity index (χ2v) is 7.23. The maximum atomic E-state index is 12.6. The van der Waals surface area contributed by atoms with Crippen LogP contribution in [0.2, 0.25) is 0 Å². The number of β-amino-alcohol motifs (C(OH)–C–C–N with tert-alkyl or cyclic N) is 1. The number of carbonyl (C=O) groups is 1. The lowest BCUT2D eigenvalue weighted by Crippen LogP contribution is -2.38.